The minimum absolute atomic E-state index is 0.0979. The Labute approximate surface area is 219 Å². The maximum absolute atomic E-state index is 6.41. The molecule has 2 aromatic heterocycles. The van der Waals surface area contributed by atoms with Crippen LogP contribution in [0.2, 0.25) is 10.0 Å². The van der Waals surface area contributed by atoms with Crippen molar-refractivity contribution in [2.45, 2.75) is 31.5 Å². The number of rotatable bonds is 9. The molecule has 2 saturated heterocycles. The maximum Gasteiger partial charge on any atom is 0.227 e. The van der Waals surface area contributed by atoms with E-state index in [-0.39, 0.29) is 6.61 Å². The van der Waals surface area contributed by atoms with Gasteiger partial charge in [-0.15, -0.1) is 0 Å². The Bertz CT molecular complexity index is 1150. The molecule has 2 fully saturated rings. The third-order valence-corrected chi connectivity index (χ3v) is 7.37. The zero-order valence-electron chi connectivity index (χ0n) is 20.1. The van der Waals surface area contributed by atoms with Crippen molar-refractivity contribution in [2.24, 2.45) is 0 Å². The van der Waals surface area contributed by atoms with E-state index >= 15 is 0 Å². The fourth-order valence-corrected chi connectivity index (χ4v) is 4.96. The number of hydrogen-bond acceptors (Lipinski definition) is 9. The van der Waals surface area contributed by atoms with Crippen LogP contribution in [0.4, 0.5) is 11.6 Å². The van der Waals surface area contributed by atoms with Gasteiger partial charge >= 0.3 is 0 Å². The van der Waals surface area contributed by atoms with E-state index < -0.39 is 0 Å². The summed E-state index contributed by atoms with van der Waals surface area (Å²) in [6.45, 7) is 3.97. The molecular weight excluding hydrogens is 507 g/mol. The molecule has 12 heteroatoms. The lowest BCUT2D eigenvalue weighted by atomic mass is 10.0. The van der Waals surface area contributed by atoms with E-state index in [9.17, 15) is 0 Å². The highest BCUT2D eigenvalue weighted by molar-refractivity contribution is 6.37. The second-order valence-electron chi connectivity index (χ2n) is 8.71. The van der Waals surface area contributed by atoms with Gasteiger partial charge in [-0.2, -0.15) is 5.10 Å². The van der Waals surface area contributed by atoms with E-state index in [0.717, 1.165) is 44.8 Å². The van der Waals surface area contributed by atoms with Crippen LogP contribution in [0.1, 0.15) is 24.4 Å². The minimum atomic E-state index is 0.0979. The Morgan fingerprint density at radius 1 is 1.00 bits per heavy atom. The Morgan fingerprint density at radius 3 is 2.25 bits per heavy atom. The fraction of sp³-hybridized carbons (Fsp3) is 0.458. The van der Waals surface area contributed by atoms with Gasteiger partial charge in [0.15, 0.2) is 5.75 Å². The normalized spacial score (nSPS) is 17.0. The van der Waals surface area contributed by atoms with Crippen molar-refractivity contribution in [1.29, 1.82) is 0 Å². The summed E-state index contributed by atoms with van der Waals surface area (Å²) >= 11 is 12.8. The Morgan fingerprint density at radius 2 is 1.67 bits per heavy atom. The Balaban J connectivity index is 1.16. The topological polar surface area (TPSA) is 95.8 Å². The van der Waals surface area contributed by atoms with Gasteiger partial charge in [-0.3, -0.25) is 9.58 Å². The van der Waals surface area contributed by atoms with Crippen molar-refractivity contribution < 1.29 is 18.9 Å². The molecule has 0 atom stereocenters. The molecule has 192 valence electrons. The zero-order valence-corrected chi connectivity index (χ0v) is 21.6. The number of nitrogens with one attached hydrogen (secondary N) is 1. The second-order valence-corrected chi connectivity index (χ2v) is 9.47. The first kappa shape index (κ1) is 24.9. The van der Waals surface area contributed by atoms with Crippen LogP contribution in [0, 0.1) is 0 Å². The molecule has 0 saturated carbocycles. The molecule has 36 heavy (non-hydrogen) atoms. The zero-order chi connectivity index (χ0) is 25.1. The molecule has 10 nitrogen and oxygen atoms in total. The van der Waals surface area contributed by atoms with Crippen molar-refractivity contribution in [2.75, 3.05) is 45.8 Å². The van der Waals surface area contributed by atoms with E-state index in [1.54, 1.807) is 24.7 Å². The number of methoxy groups -OCH3 is 2. The van der Waals surface area contributed by atoms with Crippen molar-refractivity contribution in [3.63, 3.8) is 0 Å². The van der Waals surface area contributed by atoms with Gasteiger partial charge in [0.2, 0.25) is 5.95 Å². The molecule has 1 aromatic carbocycles. The van der Waals surface area contributed by atoms with Crippen LogP contribution < -0.4 is 19.5 Å². The maximum atomic E-state index is 6.41. The summed E-state index contributed by atoms with van der Waals surface area (Å²) in [6.07, 6.45) is 9.11. The standard InChI is InChI=1S/C24H28Cl2N6O4/c1-33-20-7-21(34-2)23(26)19(22(20)25)14-36-18-9-27-24(28-10-18)30-15-8-29-32(11-15)16-3-5-31(6-4-16)17-12-35-13-17/h7-11,16-17H,3-6,12-14H2,1-2H3,(H,27,28,30). The quantitative estimate of drug-likeness (QED) is 0.429. The summed E-state index contributed by atoms with van der Waals surface area (Å²) in [7, 11) is 3.05. The lowest BCUT2D eigenvalue weighted by Crippen LogP contribution is -2.51. The molecule has 0 amide bonds. The van der Waals surface area contributed by atoms with Gasteiger partial charge in [0, 0.05) is 30.9 Å². The summed E-state index contributed by atoms with van der Waals surface area (Å²) in [5.41, 5.74) is 1.39. The summed E-state index contributed by atoms with van der Waals surface area (Å²) < 4.78 is 23.8. The molecular formula is C24H28Cl2N6O4. The molecule has 2 aliphatic rings. The van der Waals surface area contributed by atoms with Crippen molar-refractivity contribution in [1.82, 2.24) is 24.6 Å². The van der Waals surface area contributed by atoms with Crippen LogP contribution >= 0.6 is 23.2 Å². The van der Waals surface area contributed by atoms with Gasteiger partial charge < -0.3 is 24.3 Å². The highest BCUT2D eigenvalue weighted by Gasteiger charge is 2.30. The summed E-state index contributed by atoms with van der Waals surface area (Å²) in [6, 6.07) is 2.62. The molecule has 5 rings (SSSR count). The van der Waals surface area contributed by atoms with Crippen LogP contribution in [0.15, 0.2) is 30.9 Å². The van der Waals surface area contributed by atoms with Crippen LogP contribution in [-0.2, 0) is 11.3 Å². The number of aromatic nitrogens is 4. The van der Waals surface area contributed by atoms with Crippen LogP contribution in [-0.4, -0.2) is 71.2 Å². The predicted octanol–water partition coefficient (Wildman–Crippen LogP) is 4.36. The van der Waals surface area contributed by atoms with E-state index in [1.165, 1.54) is 14.2 Å². The first-order chi connectivity index (χ1) is 17.6. The van der Waals surface area contributed by atoms with E-state index in [2.05, 4.69) is 25.3 Å². The molecule has 2 aliphatic heterocycles. The first-order valence-corrected chi connectivity index (χ1v) is 12.5. The average molecular weight is 535 g/mol. The minimum Gasteiger partial charge on any atom is -0.495 e. The molecule has 0 unspecified atom stereocenters. The number of piperidine rings is 1. The number of likely N-dealkylation sites (tertiary alicyclic amines) is 1. The smallest absolute Gasteiger partial charge is 0.227 e. The molecule has 0 aliphatic carbocycles. The summed E-state index contributed by atoms with van der Waals surface area (Å²) in [4.78, 5) is 11.2. The number of nitrogens with zero attached hydrogens (tertiary/aromatic N) is 5. The van der Waals surface area contributed by atoms with Gasteiger partial charge in [0.25, 0.3) is 0 Å². The third kappa shape index (κ3) is 5.31. The lowest BCUT2D eigenvalue weighted by molar-refractivity contribution is -0.0734. The molecule has 0 spiro atoms. The monoisotopic (exact) mass is 534 g/mol. The molecule has 1 N–H and O–H groups in total. The van der Waals surface area contributed by atoms with Crippen LogP contribution in [0.5, 0.6) is 17.2 Å². The van der Waals surface area contributed by atoms with Crippen molar-refractivity contribution in [3.05, 3.63) is 46.5 Å². The Hall–Kier alpha value is -2.79. The third-order valence-electron chi connectivity index (χ3n) is 6.54. The van der Waals surface area contributed by atoms with Crippen molar-refractivity contribution >= 4 is 34.8 Å². The van der Waals surface area contributed by atoms with Crippen molar-refractivity contribution in [3.8, 4) is 17.2 Å². The predicted molar refractivity (Wildman–Crippen MR) is 136 cm³/mol. The van der Waals surface area contributed by atoms with Gasteiger partial charge in [-0.25, -0.2) is 9.97 Å². The number of hydrogen-bond donors (Lipinski definition) is 1. The number of ether oxygens (including phenoxy) is 4. The molecule has 3 aromatic rings. The molecule has 4 heterocycles. The van der Waals surface area contributed by atoms with Gasteiger partial charge in [-0.05, 0) is 12.8 Å². The van der Waals surface area contributed by atoms with Crippen LogP contribution in [0.25, 0.3) is 0 Å². The first-order valence-electron chi connectivity index (χ1n) is 11.7. The van der Waals surface area contributed by atoms with Gasteiger partial charge in [-0.1, -0.05) is 23.2 Å². The lowest BCUT2D eigenvalue weighted by Gasteiger charge is -2.41. The SMILES string of the molecule is COc1cc(OC)c(Cl)c(COc2cnc(Nc3cnn(C4CCN(C5COC5)CC4)c3)nc2)c1Cl. The fourth-order valence-electron chi connectivity index (χ4n) is 4.36. The Kier molecular flexibility index (Phi) is 7.66. The second kappa shape index (κ2) is 11.1. The van der Waals surface area contributed by atoms with E-state index in [0.29, 0.717) is 50.9 Å². The number of anilines is 2. The summed E-state index contributed by atoms with van der Waals surface area (Å²) in [5, 5.41) is 8.47. The largest absolute Gasteiger partial charge is 0.495 e. The van der Waals surface area contributed by atoms with E-state index in [1.807, 2.05) is 10.9 Å². The summed E-state index contributed by atoms with van der Waals surface area (Å²) in [5.74, 6) is 1.81. The highest BCUT2D eigenvalue weighted by Crippen LogP contribution is 2.40. The highest BCUT2D eigenvalue weighted by atomic mass is 35.5. The van der Waals surface area contributed by atoms with E-state index in [4.69, 9.17) is 42.1 Å². The number of halogens is 2. The van der Waals surface area contributed by atoms with Crippen LogP contribution in [0.3, 0.4) is 0 Å². The van der Waals surface area contributed by atoms with Gasteiger partial charge in [0.1, 0.15) is 18.1 Å². The average Bonchev–Trinajstić information content (AvgIpc) is 3.33. The number of benzene rings is 1. The molecule has 0 radical (unpaired) electrons. The van der Waals surface area contributed by atoms with Gasteiger partial charge in [0.05, 0.1) is 73.8 Å². The molecule has 0 bridgehead atoms.